The van der Waals surface area contributed by atoms with Crippen LogP contribution in [0.1, 0.15) is 22.8 Å². The minimum absolute atomic E-state index is 0.132. The largest absolute Gasteiger partial charge is 0.449 e. The second-order valence-electron chi connectivity index (χ2n) is 5.84. The Labute approximate surface area is 149 Å². The van der Waals surface area contributed by atoms with Crippen LogP contribution in [0.3, 0.4) is 0 Å². The van der Waals surface area contributed by atoms with Crippen LogP contribution >= 0.6 is 0 Å². The first-order chi connectivity index (χ1) is 12.5. The van der Waals surface area contributed by atoms with Crippen molar-refractivity contribution < 1.29 is 14.3 Å². The van der Waals surface area contributed by atoms with Gasteiger partial charge >= 0.3 is 5.97 Å². The van der Waals surface area contributed by atoms with E-state index < -0.39 is 23.5 Å². The average Bonchev–Trinajstić information content (AvgIpc) is 2.66. The van der Waals surface area contributed by atoms with Crippen LogP contribution < -0.4 is 10.9 Å². The number of aromatic nitrogens is 1. The first-order valence-electron chi connectivity index (χ1n) is 8.19. The molecule has 0 radical (unpaired) electrons. The van der Waals surface area contributed by atoms with E-state index >= 15 is 0 Å². The number of hydrogen-bond acceptors (Lipinski definition) is 4. The Balaban J connectivity index is 1.69. The zero-order valence-corrected chi connectivity index (χ0v) is 14.2. The molecule has 6 heteroatoms. The fraction of sp³-hybridized carbons (Fsp3) is 0.150. The summed E-state index contributed by atoms with van der Waals surface area (Å²) in [5.41, 5.74) is 1.21. The molecule has 2 aromatic carbocycles. The Hall–Kier alpha value is -3.41. The van der Waals surface area contributed by atoms with Crippen molar-refractivity contribution in [2.24, 2.45) is 0 Å². The second kappa shape index (κ2) is 7.65. The van der Waals surface area contributed by atoms with Crippen molar-refractivity contribution in [1.29, 1.82) is 0 Å². The molecule has 6 nitrogen and oxygen atoms in total. The zero-order chi connectivity index (χ0) is 18.5. The molecule has 0 aliphatic rings. The number of rotatable bonds is 5. The molecule has 1 heterocycles. The summed E-state index contributed by atoms with van der Waals surface area (Å²) in [5, 5.41) is 3.28. The number of fused-ring (bicyclic) bond motifs is 1. The summed E-state index contributed by atoms with van der Waals surface area (Å²) < 4.78 is 5.25. The van der Waals surface area contributed by atoms with Crippen molar-refractivity contribution in [3.63, 3.8) is 0 Å². The molecule has 1 amide bonds. The van der Waals surface area contributed by atoms with Crippen LogP contribution in [0, 0.1) is 0 Å². The van der Waals surface area contributed by atoms with Gasteiger partial charge in [0, 0.05) is 23.5 Å². The number of benzene rings is 2. The van der Waals surface area contributed by atoms with Gasteiger partial charge < -0.3 is 15.0 Å². The Bertz CT molecular complexity index is 995. The lowest BCUT2D eigenvalue weighted by atomic mass is 10.1. The lowest BCUT2D eigenvalue weighted by Gasteiger charge is -2.14. The molecular weight excluding hydrogens is 332 g/mol. The maximum absolute atomic E-state index is 12.4. The van der Waals surface area contributed by atoms with Crippen molar-refractivity contribution in [3.05, 3.63) is 82.1 Å². The Kier molecular flexibility index (Phi) is 5.12. The van der Waals surface area contributed by atoms with Gasteiger partial charge in [0.1, 0.15) is 0 Å². The molecule has 0 fully saturated rings. The Morgan fingerprint density at radius 3 is 2.54 bits per heavy atom. The molecule has 2 N–H and O–H groups in total. The number of carbonyl (C=O) groups excluding carboxylic acids is 2. The van der Waals surface area contributed by atoms with E-state index in [4.69, 9.17) is 4.74 Å². The monoisotopic (exact) mass is 350 g/mol. The second-order valence-corrected chi connectivity index (χ2v) is 5.84. The summed E-state index contributed by atoms with van der Waals surface area (Å²) in [6, 6.07) is 17.5. The van der Waals surface area contributed by atoms with Crippen molar-refractivity contribution in [1.82, 2.24) is 10.3 Å². The summed E-state index contributed by atoms with van der Waals surface area (Å²) in [6.45, 7) is 1.84. The van der Waals surface area contributed by atoms with E-state index in [1.54, 1.807) is 24.3 Å². The molecule has 0 saturated carbocycles. The van der Waals surface area contributed by atoms with E-state index in [2.05, 4.69) is 10.3 Å². The third-order valence-electron chi connectivity index (χ3n) is 3.93. The summed E-state index contributed by atoms with van der Waals surface area (Å²) in [4.78, 5) is 39.0. The molecule has 3 aromatic rings. The first kappa shape index (κ1) is 17.4. The van der Waals surface area contributed by atoms with E-state index in [0.717, 1.165) is 5.56 Å². The van der Waals surface area contributed by atoms with Crippen LogP contribution in [0.2, 0.25) is 0 Å². The van der Waals surface area contributed by atoms with Gasteiger partial charge in [-0.05, 0) is 18.6 Å². The highest BCUT2D eigenvalue weighted by Gasteiger charge is 2.20. The normalized spacial score (nSPS) is 11.7. The van der Waals surface area contributed by atoms with E-state index in [0.29, 0.717) is 17.4 Å². The summed E-state index contributed by atoms with van der Waals surface area (Å²) in [7, 11) is 0. The smallest absolute Gasteiger partial charge is 0.339 e. The molecule has 0 aliphatic heterocycles. The topological polar surface area (TPSA) is 88.3 Å². The van der Waals surface area contributed by atoms with Crippen molar-refractivity contribution in [2.45, 2.75) is 19.6 Å². The molecule has 0 bridgehead atoms. The van der Waals surface area contributed by atoms with Crippen LogP contribution in [0.15, 0.2) is 65.5 Å². The van der Waals surface area contributed by atoms with Crippen LogP contribution in [0.25, 0.3) is 10.9 Å². The summed E-state index contributed by atoms with van der Waals surface area (Å²) >= 11 is 0. The lowest BCUT2D eigenvalue weighted by Crippen LogP contribution is -2.35. The van der Waals surface area contributed by atoms with E-state index in [1.165, 1.54) is 13.0 Å². The van der Waals surface area contributed by atoms with Gasteiger partial charge in [0.05, 0.1) is 5.56 Å². The standard InChI is InChI=1S/C20H18N2O4/c1-13(19(24)21-12-14-7-3-2-4-8-14)26-20(25)16-11-18(23)22-17-10-6-5-9-15(16)17/h2-11,13H,12H2,1H3,(H,21,24)(H,22,23)/t13-/m1/s1. The number of carbonyl (C=O) groups is 2. The van der Waals surface area contributed by atoms with E-state index in [-0.39, 0.29) is 5.56 Å². The van der Waals surface area contributed by atoms with Crippen LogP contribution in [-0.2, 0) is 16.1 Å². The van der Waals surface area contributed by atoms with Crippen LogP contribution in [0.5, 0.6) is 0 Å². The number of para-hydroxylation sites is 1. The van der Waals surface area contributed by atoms with Gasteiger partial charge in [0.25, 0.3) is 5.91 Å². The summed E-state index contributed by atoms with van der Waals surface area (Å²) in [5.74, 6) is -1.12. The molecular formula is C20H18N2O4. The van der Waals surface area contributed by atoms with Gasteiger partial charge in [-0.3, -0.25) is 9.59 Å². The maximum Gasteiger partial charge on any atom is 0.339 e. The van der Waals surface area contributed by atoms with E-state index in [1.807, 2.05) is 30.3 Å². The lowest BCUT2D eigenvalue weighted by molar-refractivity contribution is -0.129. The van der Waals surface area contributed by atoms with Gasteiger partial charge in [-0.15, -0.1) is 0 Å². The highest BCUT2D eigenvalue weighted by molar-refractivity contribution is 6.03. The van der Waals surface area contributed by atoms with Crippen molar-refractivity contribution in [3.8, 4) is 0 Å². The SMILES string of the molecule is C[C@@H](OC(=O)c1cc(=O)[nH]c2ccccc12)C(=O)NCc1ccccc1. The van der Waals surface area contributed by atoms with Crippen LogP contribution in [-0.4, -0.2) is 23.0 Å². The molecule has 0 aliphatic carbocycles. The minimum Gasteiger partial charge on any atom is -0.449 e. The third kappa shape index (κ3) is 3.97. The van der Waals surface area contributed by atoms with Gasteiger partial charge in [-0.1, -0.05) is 48.5 Å². The third-order valence-corrected chi connectivity index (χ3v) is 3.93. The number of amides is 1. The van der Waals surface area contributed by atoms with E-state index in [9.17, 15) is 14.4 Å². The molecule has 3 rings (SSSR count). The fourth-order valence-corrected chi connectivity index (χ4v) is 2.58. The number of esters is 1. The predicted molar refractivity (Wildman–Crippen MR) is 97.7 cm³/mol. The number of H-pyrrole nitrogens is 1. The molecule has 1 atom stereocenters. The maximum atomic E-state index is 12.4. The molecule has 1 aromatic heterocycles. The molecule has 132 valence electrons. The quantitative estimate of drug-likeness (QED) is 0.692. The molecule has 0 unspecified atom stereocenters. The predicted octanol–water partition coefficient (Wildman–Crippen LogP) is 2.39. The Morgan fingerprint density at radius 1 is 1.08 bits per heavy atom. The van der Waals surface area contributed by atoms with Gasteiger partial charge in [-0.25, -0.2) is 4.79 Å². The number of ether oxygens (including phenoxy) is 1. The van der Waals surface area contributed by atoms with Crippen LogP contribution in [0.4, 0.5) is 0 Å². The fourth-order valence-electron chi connectivity index (χ4n) is 2.58. The highest BCUT2D eigenvalue weighted by Crippen LogP contribution is 2.16. The summed E-state index contributed by atoms with van der Waals surface area (Å²) in [6.07, 6.45) is -0.982. The minimum atomic E-state index is -0.982. The number of nitrogens with one attached hydrogen (secondary N) is 2. The molecule has 26 heavy (non-hydrogen) atoms. The molecule has 0 saturated heterocycles. The van der Waals surface area contributed by atoms with Crippen molar-refractivity contribution >= 4 is 22.8 Å². The zero-order valence-electron chi connectivity index (χ0n) is 14.2. The molecule has 0 spiro atoms. The first-order valence-corrected chi connectivity index (χ1v) is 8.19. The van der Waals surface area contributed by atoms with Gasteiger partial charge in [-0.2, -0.15) is 0 Å². The Morgan fingerprint density at radius 2 is 1.77 bits per heavy atom. The number of aromatic amines is 1. The number of pyridine rings is 1. The number of hydrogen-bond donors (Lipinski definition) is 2. The van der Waals surface area contributed by atoms with Crippen molar-refractivity contribution in [2.75, 3.05) is 0 Å². The van der Waals surface area contributed by atoms with Gasteiger partial charge in [0.2, 0.25) is 5.56 Å². The average molecular weight is 350 g/mol. The highest BCUT2D eigenvalue weighted by atomic mass is 16.5. The van der Waals surface area contributed by atoms with Gasteiger partial charge in [0.15, 0.2) is 6.10 Å².